The number of nitrogens with one attached hydrogen (secondary N) is 2. The maximum absolute atomic E-state index is 12.8. The minimum absolute atomic E-state index is 0.120. The zero-order valence-electron chi connectivity index (χ0n) is 20.4. The molecule has 1 fully saturated rings. The zero-order valence-corrected chi connectivity index (χ0v) is 20.4. The Morgan fingerprint density at radius 3 is 2.74 bits per heavy atom. The molecule has 1 amide bonds. The van der Waals surface area contributed by atoms with E-state index in [9.17, 15) is 9.59 Å². The van der Waals surface area contributed by atoms with Gasteiger partial charge in [0.15, 0.2) is 5.78 Å². The van der Waals surface area contributed by atoms with Crippen molar-refractivity contribution in [2.24, 2.45) is 11.1 Å². The molecule has 1 aromatic heterocycles. The monoisotopic (exact) mass is 468 g/mol. The summed E-state index contributed by atoms with van der Waals surface area (Å²) in [5, 5.41) is 11.3. The quantitative estimate of drug-likeness (QED) is 0.481. The van der Waals surface area contributed by atoms with Gasteiger partial charge in [0.05, 0.1) is 41.4 Å². The number of primary amides is 1. The van der Waals surface area contributed by atoms with Crippen molar-refractivity contribution in [2.45, 2.75) is 33.6 Å². The number of carbonyl (C=O) groups excluding carboxylic acids is 2. The van der Waals surface area contributed by atoms with Crippen molar-refractivity contribution < 1.29 is 14.3 Å². The van der Waals surface area contributed by atoms with E-state index in [0.29, 0.717) is 37.4 Å². The van der Waals surface area contributed by atoms with E-state index in [1.807, 2.05) is 23.7 Å². The summed E-state index contributed by atoms with van der Waals surface area (Å²) >= 11 is 0. The number of fused-ring (bicyclic) bond motifs is 1. The number of carbonyl (C=O) groups is 2. The molecule has 2 aliphatic rings. The van der Waals surface area contributed by atoms with Gasteiger partial charge >= 0.3 is 0 Å². The molecule has 2 aromatic rings. The van der Waals surface area contributed by atoms with Crippen molar-refractivity contribution in [1.82, 2.24) is 20.0 Å². The van der Waals surface area contributed by atoms with Gasteiger partial charge in [0.1, 0.15) is 0 Å². The lowest BCUT2D eigenvalue weighted by atomic mass is 9.75. The predicted molar refractivity (Wildman–Crippen MR) is 132 cm³/mol. The Morgan fingerprint density at radius 2 is 2.00 bits per heavy atom. The summed E-state index contributed by atoms with van der Waals surface area (Å²) in [7, 11) is 0. The van der Waals surface area contributed by atoms with E-state index in [0.717, 1.165) is 61.8 Å². The summed E-state index contributed by atoms with van der Waals surface area (Å²) in [6.45, 7) is 12.9. The highest BCUT2D eigenvalue weighted by Crippen LogP contribution is 2.37. The lowest BCUT2D eigenvalue weighted by Gasteiger charge is -2.29. The van der Waals surface area contributed by atoms with Gasteiger partial charge in [-0.25, -0.2) is 4.68 Å². The maximum atomic E-state index is 12.8. The molecule has 9 heteroatoms. The van der Waals surface area contributed by atoms with Crippen molar-refractivity contribution in [2.75, 3.05) is 57.8 Å². The minimum atomic E-state index is -0.497. The van der Waals surface area contributed by atoms with Crippen molar-refractivity contribution in [3.8, 4) is 5.69 Å². The summed E-state index contributed by atoms with van der Waals surface area (Å²) in [6.07, 6.45) is 1.28. The number of ketones is 1. The number of hydrogen-bond donors (Lipinski definition) is 3. The van der Waals surface area contributed by atoms with Crippen LogP contribution in [0.2, 0.25) is 0 Å². The van der Waals surface area contributed by atoms with Crippen molar-refractivity contribution in [3.63, 3.8) is 0 Å². The van der Waals surface area contributed by atoms with Crippen molar-refractivity contribution in [3.05, 3.63) is 40.7 Å². The molecule has 1 saturated heterocycles. The minimum Gasteiger partial charge on any atom is -0.382 e. The number of anilines is 1. The Hall–Kier alpha value is -2.75. The molecule has 1 aliphatic heterocycles. The number of rotatable bonds is 9. The maximum Gasteiger partial charge on any atom is 0.250 e. The smallest absolute Gasteiger partial charge is 0.250 e. The summed E-state index contributed by atoms with van der Waals surface area (Å²) in [5.74, 6) is -0.358. The third-order valence-electron chi connectivity index (χ3n) is 6.56. The molecule has 0 radical (unpaired) electrons. The standard InChI is InChI=1S/C25H36N6O3/c1-17-23-21(15-25(2,3)16-22(23)32)31(29-17)18-4-5-19(24(26)33)20(14-18)28-8-12-34-13-11-30-9-6-27-7-10-30/h4-5,14,27-28H,6-13,15-16H2,1-3H3,(H2,26,33). The number of benzene rings is 1. The molecule has 4 rings (SSSR count). The lowest BCUT2D eigenvalue weighted by Crippen LogP contribution is -2.44. The first-order chi connectivity index (χ1) is 16.2. The first kappa shape index (κ1) is 24.4. The highest BCUT2D eigenvalue weighted by Gasteiger charge is 2.35. The molecule has 0 bridgehead atoms. The molecule has 2 heterocycles. The lowest BCUT2D eigenvalue weighted by molar-refractivity contribution is 0.0909. The Balaban J connectivity index is 1.45. The average molecular weight is 469 g/mol. The summed E-state index contributed by atoms with van der Waals surface area (Å²) in [4.78, 5) is 27.2. The number of hydrogen-bond acceptors (Lipinski definition) is 7. The molecule has 0 saturated carbocycles. The van der Waals surface area contributed by atoms with Crippen LogP contribution in [0.5, 0.6) is 0 Å². The SMILES string of the molecule is Cc1nn(-c2ccc(C(N)=O)c(NCCOCCN3CCNCC3)c2)c2c1C(=O)CC(C)(C)C2. The normalized spacial score (nSPS) is 18.0. The Kier molecular flexibility index (Phi) is 7.35. The summed E-state index contributed by atoms with van der Waals surface area (Å²) < 4.78 is 7.63. The molecular weight excluding hydrogens is 432 g/mol. The number of amides is 1. The molecule has 9 nitrogen and oxygen atoms in total. The third-order valence-corrected chi connectivity index (χ3v) is 6.56. The van der Waals surface area contributed by atoms with Gasteiger partial charge in [0.25, 0.3) is 5.91 Å². The molecule has 4 N–H and O–H groups in total. The van der Waals surface area contributed by atoms with Gasteiger partial charge in [-0.2, -0.15) is 5.10 Å². The fraction of sp³-hybridized carbons (Fsp3) is 0.560. The third kappa shape index (κ3) is 5.48. The second kappa shape index (κ2) is 10.2. The van der Waals surface area contributed by atoms with Crippen LogP contribution in [0.4, 0.5) is 5.69 Å². The van der Waals surface area contributed by atoms with Gasteiger partial charge in [-0.05, 0) is 37.0 Å². The number of aromatic nitrogens is 2. The van der Waals surface area contributed by atoms with Gasteiger partial charge in [0, 0.05) is 51.4 Å². The predicted octanol–water partition coefficient (Wildman–Crippen LogP) is 1.77. The van der Waals surface area contributed by atoms with Gasteiger partial charge in [0.2, 0.25) is 0 Å². The molecule has 34 heavy (non-hydrogen) atoms. The number of ether oxygens (including phenoxy) is 1. The molecule has 0 unspecified atom stereocenters. The largest absolute Gasteiger partial charge is 0.382 e. The van der Waals surface area contributed by atoms with Crippen LogP contribution in [0.1, 0.15) is 52.4 Å². The van der Waals surface area contributed by atoms with E-state index in [4.69, 9.17) is 10.5 Å². The first-order valence-corrected chi connectivity index (χ1v) is 12.1. The van der Waals surface area contributed by atoms with Gasteiger partial charge in [-0.3, -0.25) is 14.5 Å². The highest BCUT2D eigenvalue weighted by atomic mass is 16.5. The van der Waals surface area contributed by atoms with Gasteiger partial charge in [-0.15, -0.1) is 0 Å². The molecule has 0 spiro atoms. The van der Waals surface area contributed by atoms with E-state index >= 15 is 0 Å². The second-order valence-electron chi connectivity index (χ2n) is 9.98. The van der Waals surface area contributed by atoms with E-state index in [-0.39, 0.29) is 11.2 Å². The van der Waals surface area contributed by atoms with E-state index in [2.05, 4.69) is 34.5 Å². The Morgan fingerprint density at radius 1 is 1.24 bits per heavy atom. The molecule has 1 aliphatic carbocycles. The molecule has 184 valence electrons. The van der Waals surface area contributed by atoms with E-state index in [1.54, 1.807) is 6.07 Å². The zero-order chi connectivity index (χ0) is 24.3. The second-order valence-corrected chi connectivity index (χ2v) is 9.98. The van der Waals surface area contributed by atoms with Crippen molar-refractivity contribution >= 4 is 17.4 Å². The molecule has 1 aromatic carbocycles. The molecular formula is C25H36N6O3. The van der Waals surface area contributed by atoms with E-state index < -0.39 is 5.91 Å². The van der Waals surface area contributed by atoms with Gasteiger partial charge < -0.3 is 21.1 Å². The van der Waals surface area contributed by atoms with Gasteiger partial charge in [-0.1, -0.05) is 13.8 Å². The number of nitrogens with zero attached hydrogens (tertiary/aromatic N) is 3. The van der Waals surface area contributed by atoms with Crippen LogP contribution in [0.25, 0.3) is 5.69 Å². The van der Waals surface area contributed by atoms with E-state index in [1.165, 1.54) is 0 Å². The highest BCUT2D eigenvalue weighted by molar-refractivity contribution is 6.00. The topological polar surface area (TPSA) is 115 Å². The summed E-state index contributed by atoms with van der Waals surface area (Å²) in [6, 6.07) is 5.41. The Bertz CT molecular complexity index is 1060. The van der Waals surface area contributed by atoms with Crippen LogP contribution in [0, 0.1) is 12.3 Å². The van der Waals surface area contributed by atoms with Crippen LogP contribution < -0.4 is 16.4 Å². The number of Topliss-reactive ketones (excluding diaryl/α,β-unsaturated/α-hetero) is 1. The number of nitrogens with two attached hydrogens (primary N) is 1. The first-order valence-electron chi connectivity index (χ1n) is 12.1. The fourth-order valence-electron chi connectivity index (χ4n) is 4.87. The fourth-order valence-corrected chi connectivity index (χ4v) is 4.87. The van der Waals surface area contributed by atoms with Crippen LogP contribution in [0.3, 0.4) is 0 Å². The number of aryl methyl sites for hydroxylation is 1. The van der Waals surface area contributed by atoms with Crippen LogP contribution in [0.15, 0.2) is 18.2 Å². The number of piperazine rings is 1. The van der Waals surface area contributed by atoms with Crippen LogP contribution in [-0.2, 0) is 11.2 Å². The van der Waals surface area contributed by atoms with Crippen molar-refractivity contribution in [1.29, 1.82) is 0 Å². The van der Waals surface area contributed by atoms with Crippen LogP contribution >= 0.6 is 0 Å². The Labute approximate surface area is 201 Å². The summed E-state index contributed by atoms with van der Waals surface area (Å²) in [5.41, 5.74) is 9.73. The molecule has 0 atom stereocenters. The van der Waals surface area contributed by atoms with Crippen LogP contribution in [-0.4, -0.2) is 78.9 Å². The average Bonchev–Trinajstić information content (AvgIpc) is 3.11.